The summed E-state index contributed by atoms with van der Waals surface area (Å²) in [6, 6.07) is 11.3. The number of carbonyl (C=O) groups is 1. The monoisotopic (exact) mass is 431 g/mol. The van der Waals surface area contributed by atoms with Crippen molar-refractivity contribution in [2.75, 3.05) is 11.5 Å². The van der Waals surface area contributed by atoms with E-state index in [-0.39, 0.29) is 24.0 Å². The van der Waals surface area contributed by atoms with Gasteiger partial charge in [0.05, 0.1) is 22.1 Å². The van der Waals surface area contributed by atoms with Crippen LogP contribution in [0.2, 0.25) is 15.1 Å². The molecule has 26 heavy (non-hydrogen) atoms. The summed E-state index contributed by atoms with van der Waals surface area (Å²) in [5.41, 5.74) is 1.03. The van der Waals surface area contributed by atoms with Gasteiger partial charge in [-0.05, 0) is 36.2 Å². The summed E-state index contributed by atoms with van der Waals surface area (Å²) in [6.07, 6.45) is 0.393. The van der Waals surface area contributed by atoms with Crippen molar-refractivity contribution in [2.24, 2.45) is 0 Å². The number of rotatable bonds is 4. The summed E-state index contributed by atoms with van der Waals surface area (Å²) in [4.78, 5) is 14.7. The molecule has 0 bridgehead atoms. The van der Waals surface area contributed by atoms with Crippen molar-refractivity contribution in [1.82, 2.24) is 4.90 Å². The van der Waals surface area contributed by atoms with Crippen LogP contribution in [-0.2, 0) is 16.4 Å². The van der Waals surface area contributed by atoms with E-state index in [1.54, 1.807) is 47.4 Å². The van der Waals surface area contributed by atoms with Crippen LogP contribution in [-0.4, -0.2) is 36.8 Å². The van der Waals surface area contributed by atoms with E-state index in [2.05, 4.69) is 0 Å². The van der Waals surface area contributed by atoms with Crippen molar-refractivity contribution in [3.8, 4) is 0 Å². The Hall–Kier alpha value is -1.27. The number of amides is 1. The SMILES string of the molecule is O=C(c1ccccc1Cl)N(Cc1ccc(Cl)cc1Cl)[C@H]1CCS(=O)(=O)C1. The Balaban J connectivity index is 1.96. The molecule has 0 radical (unpaired) electrons. The molecule has 1 aliphatic rings. The summed E-state index contributed by atoms with van der Waals surface area (Å²) >= 11 is 18.4. The number of hydrogen-bond acceptors (Lipinski definition) is 3. The Morgan fingerprint density at radius 2 is 1.81 bits per heavy atom. The second-order valence-electron chi connectivity index (χ2n) is 6.21. The first kappa shape index (κ1) is 19.5. The molecule has 1 atom stereocenters. The Labute approximate surface area is 167 Å². The molecule has 4 nitrogen and oxygen atoms in total. The highest BCUT2D eigenvalue weighted by Gasteiger charge is 2.35. The third kappa shape index (κ3) is 4.34. The summed E-state index contributed by atoms with van der Waals surface area (Å²) in [7, 11) is -3.16. The van der Waals surface area contributed by atoms with Gasteiger partial charge in [0.15, 0.2) is 9.84 Å². The molecule has 0 unspecified atom stereocenters. The third-order valence-corrected chi connectivity index (χ3v) is 7.04. The van der Waals surface area contributed by atoms with Crippen molar-refractivity contribution < 1.29 is 13.2 Å². The highest BCUT2D eigenvalue weighted by atomic mass is 35.5. The molecular weight excluding hydrogens is 417 g/mol. The second-order valence-corrected chi connectivity index (χ2v) is 9.69. The molecule has 1 aliphatic heterocycles. The molecule has 0 aromatic heterocycles. The Morgan fingerprint density at radius 1 is 1.08 bits per heavy atom. The summed E-state index contributed by atoms with van der Waals surface area (Å²) in [6.45, 7) is 0.181. The maximum absolute atomic E-state index is 13.1. The zero-order valence-electron chi connectivity index (χ0n) is 13.7. The minimum atomic E-state index is -3.16. The Bertz CT molecular complexity index is 946. The maximum Gasteiger partial charge on any atom is 0.255 e. The molecule has 0 aliphatic carbocycles. The van der Waals surface area contributed by atoms with Gasteiger partial charge in [-0.2, -0.15) is 0 Å². The van der Waals surface area contributed by atoms with Crippen LogP contribution in [0.5, 0.6) is 0 Å². The molecule has 1 saturated heterocycles. The standard InChI is InChI=1S/C18H16Cl3NO3S/c19-13-6-5-12(17(21)9-13)10-22(14-7-8-26(24,25)11-14)18(23)15-3-1-2-4-16(15)20/h1-6,9,14H,7-8,10-11H2/t14-/m0/s1. The molecular formula is C18H16Cl3NO3S. The van der Waals surface area contributed by atoms with E-state index in [4.69, 9.17) is 34.8 Å². The fraction of sp³-hybridized carbons (Fsp3) is 0.278. The van der Waals surface area contributed by atoms with Gasteiger partial charge in [-0.25, -0.2) is 8.42 Å². The number of nitrogens with zero attached hydrogens (tertiary/aromatic N) is 1. The first-order valence-corrected chi connectivity index (χ1v) is 10.9. The van der Waals surface area contributed by atoms with Crippen LogP contribution in [0.15, 0.2) is 42.5 Å². The minimum Gasteiger partial charge on any atom is -0.330 e. The van der Waals surface area contributed by atoms with E-state index >= 15 is 0 Å². The first-order chi connectivity index (χ1) is 12.3. The molecule has 3 rings (SSSR count). The van der Waals surface area contributed by atoms with Crippen LogP contribution in [0.25, 0.3) is 0 Å². The topological polar surface area (TPSA) is 54.5 Å². The van der Waals surface area contributed by atoms with Crippen LogP contribution in [0, 0.1) is 0 Å². The fourth-order valence-electron chi connectivity index (χ4n) is 3.01. The molecule has 8 heteroatoms. The summed E-state index contributed by atoms with van der Waals surface area (Å²) in [5.74, 6) is -0.309. The van der Waals surface area contributed by atoms with Crippen LogP contribution in [0.3, 0.4) is 0 Å². The van der Waals surface area contributed by atoms with Gasteiger partial charge in [0, 0.05) is 22.6 Å². The van der Waals surface area contributed by atoms with Crippen LogP contribution < -0.4 is 0 Å². The maximum atomic E-state index is 13.1. The van der Waals surface area contributed by atoms with Gasteiger partial charge in [0.25, 0.3) is 5.91 Å². The van der Waals surface area contributed by atoms with Crippen LogP contribution >= 0.6 is 34.8 Å². The number of hydrogen-bond donors (Lipinski definition) is 0. The van der Waals surface area contributed by atoms with E-state index in [9.17, 15) is 13.2 Å². The second kappa shape index (κ2) is 7.77. The van der Waals surface area contributed by atoms with Crippen molar-refractivity contribution in [2.45, 2.75) is 19.0 Å². The molecule has 1 heterocycles. The normalized spacial score (nSPS) is 18.7. The molecule has 0 saturated carbocycles. The lowest BCUT2D eigenvalue weighted by atomic mass is 10.1. The number of carbonyl (C=O) groups excluding carboxylic acids is 1. The van der Waals surface area contributed by atoms with E-state index in [1.165, 1.54) is 0 Å². The lowest BCUT2D eigenvalue weighted by Crippen LogP contribution is -2.40. The molecule has 1 amide bonds. The highest BCUT2D eigenvalue weighted by molar-refractivity contribution is 7.91. The van der Waals surface area contributed by atoms with E-state index < -0.39 is 15.9 Å². The van der Waals surface area contributed by atoms with Crippen molar-refractivity contribution >= 4 is 50.5 Å². The number of sulfone groups is 1. The van der Waals surface area contributed by atoms with E-state index in [1.807, 2.05) is 0 Å². The lowest BCUT2D eigenvalue weighted by molar-refractivity contribution is 0.0681. The summed E-state index contributed by atoms with van der Waals surface area (Å²) in [5, 5.41) is 1.24. The molecule has 2 aromatic rings. The van der Waals surface area contributed by atoms with Gasteiger partial charge in [0.2, 0.25) is 0 Å². The molecule has 0 spiro atoms. The van der Waals surface area contributed by atoms with Gasteiger partial charge in [-0.3, -0.25) is 4.79 Å². The average molecular weight is 433 g/mol. The Morgan fingerprint density at radius 3 is 2.42 bits per heavy atom. The van der Waals surface area contributed by atoms with Crippen LogP contribution in [0.1, 0.15) is 22.3 Å². The van der Waals surface area contributed by atoms with Gasteiger partial charge in [0.1, 0.15) is 0 Å². The lowest BCUT2D eigenvalue weighted by Gasteiger charge is -2.29. The van der Waals surface area contributed by atoms with Gasteiger partial charge >= 0.3 is 0 Å². The zero-order valence-corrected chi connectivity index (χ0v) is 16.7. The largest absolute Gasteiger partial charge is 0.330 e. The van der Waals surface area contributed by atoms with E-state index in [0.717, 1.165) is 0 Å². The molecule has 138 valence electrons. The van der Waals surface area contributed by atoms with Crippen molar-refractivity contribution in [3.63, 3.8) is 0 Å². The first-order valence-electron chi connectivity index (χ1n) is 7.97. The minimum absolute atomic E-state index is 0.0611. The third-order valence-electron chi connectivity index (χ3n) is 4.37. The molecule has 1 fully saturated rings. The number of halogens is 3. The van der Waals surface area contributed by atoms with E-state index in [0.29, 0.717) is 32.6 Å². The fourth-order valence-corrected chi connectivity index (χ4v) is 5.43. The predicted octanol–water partition coefficient (Wildman–Crippen LogP) is 4.48. The van der Waals surface area contributed by atoms with Gasteiger partial charge in [-0.1, -0.05) is 53.0 Å². The molecule has 0 N–H and O–H groups in total. The summed E-state index contributed by atoms with van der Waals surface area (Å²) < 4.78 is 23.9. The van der Waals surface area contributed by atoms with Gasteiger partial charge in [-0.15, -0.1) is 0 Å². The smallest absolute Gasteiger partial charge is 0.255 e. The predicted molar refractivity (Wildman–Crippen MR) is 105 cm³/mol. The average Bonchev–Trinajstić information content (AvgIpc) is 2.94. The zero-order chi connectivity index (χ0) is 18.9. The Kier molecular flexibility index (Phi) is 5.82. The highest BCUT2D eigenvalue weighted by Crippen LogP contribution is 2.28. The number of benzene rings is 2. The molecule has 2 aromatic carbocycles. The van der Waals surface area contributed by atoms with Gasteiger partial charge < -0.3 is 4.90 Å². The van der Waals surface area contributed by atoms with Crippen molar-refractivity contribution in [1.29, 1.82) is 0 Å². The quantitative estimate of drug-likeness (QED) is 0.716. The van der Waals surface area contributed by atoms with Crippen molar-refractivity contribution in [3.05, 3.63) is 68.7 Å². The van der Waals surface area contributed by atoms with Crippen LogP contribution in [0.4, 0.5) is 0 Å².